The number of hydrogen-bond acceptors (Lipinski definition) is 3. The van der Waals surface area contributed by atoms with E-state index < -0.39 is 0 Å². The first-order valence-electron chi connectivity index (χ1n) is 6.11. The fraction of sp³-hybridized carbons (Fsp3) is 0.462. The number of fused-ring (bicyclic) bond motifs is 1. The van der Waals surface area contributed by atoms with Crippen molar-refractivity contribution in [2.75, 3.05) is 13.2 Å². The van der Waals surface area contributed by atoms with E-state index >= 15 is 0 Å². The molecule has 0 aliphatic carbocycles. The Labute approximate surface area is 115 Å². The van der Waals surface area contributed by atoms with Crippen LogP contribution in [0.4, 0.5) is 0 Å². The number of halogens is 1. The first-order valence-corrected chi connectivity index (χ1v) is 6.90. The summed E-state index contributed by atoms with van der Waals surface area (Å²) in [5, 5.41) is 3.37. The minimum Gasteiger partial charge on any atom is -0.493 e. The summed E-state index contributed by atoms with van der Waals surface area (Å²) in [6.45, 7) is 1.34. The summed E-state index contributed by atoms with van der Waals surface area (Å²) in [6, 6.07) is 6.29. The fourth-order valence-electron chi connectivity index (χ4n) is 2.13. The van der Waals surface area contributed by atoms with Gasteiger partial charge in [0.05, 0.1) is 6.61 Å². The van der Waals surface area contributed by atoms with Gasteiger partial charge >= 0.3 is 0 Å². The Morgan fingerprint density at radius 2 is 2.39 bits per heavy atom. The van der Waals surface area contributed by atoms with Crippen molar-refractivity contribution in [3.8, 4) is 5.75 Å². The third-order valence-corrected chi connectivity index (χ3v) is 3.50. The average Bonchev–Trinajstić information content (AvgIpc) is 2.51. The Morgan fingerprint density at radius 1 is 1.56 bits per heavy atom. The highest BCUT2D eigenvalue weighted by Crippen LogP contribution is 2.33. The zero-order valence-corrected chi connectivity index (χ0v) is 11.7. The lowest BCUT2D eigenvalue weighted by Gasteiger charge is -2.18. The molecule has 0 spiro atoms. The van der Waals surface area contributed by atoms with Gasteiger partial charge < -0.3 is 15.8 Å². The van der Waals surface area contributed by atoms with Gasteiger partial charge in [-0.1, -0.05) is 22.0 Å². The summed E-state index contributed by atoms with van der Waals surface area (Å²) in [4.78, 5) is 10.8. The highest BCUT2D eigenvalue weighted by atomic mass is 79.9. The first kappa shape index (κ1) is 13.4. The van der Waals surface area contributed by atoms with Crippen LogP contribution in [0.5, 0.6) is 5.75 Å². The first-order chi connectivity index (χ1) is 8.66. The number of benzene rings is 1. The largest absolute Gasteiger partial charge is 0.493 e. The highest BCUT2D eigenvalue weighted by molar-refractivity contribution is 9.10. The van der Waals surface area contributed by atoms with Gasteiger partial charge in [0.2, 0.25) is 5.91 Å². The third kappa shape index (κ3) is 3.46. The predicted octanol–water partition coefficient (Wildman–Crippen LogP) is 2.13. The van der Waals surface area contributed by atoms with Gasteiger partial charge in [0.25, 0.3) is 0 Å². The molecule has 1 atom stereocenters. The minimum absolute atomic E-state index is 0.231. The molecule has 1 aromatic carbocycles. The van der Waals surface area contributed by atoms with Gasteiger partial charge in [0, 0.05) is 29.0 Å². The van der Waals surface area contributed by atoms with Crippen molar-refractivity contribution in [1.82, 2.24) is 5.32 Å². The summed E-state index contributed by atoms with van der Waals surface area (Å²) in [5.74, 6) is 0.641. The molecule has 1 aliphatic heterocycles. The highest BCUT2D eigenvalue weighted by Gasteiger charge is 2.19. The van der Waals surface area contributed by atoms with Crippen LogP contribution in [0.2, 0.25) is 0 Å². The van der Waals surface area contributed by atoms with Crippen LogP contribution in [0.1, 0.15) is 30.9 Å². The van der Waals surface area contributed by atoms with Crippen molar-refractivity contribution in [3.05, 3.63) is 28.2 Å². The second-order valence-corrected chi connectivity index (χ2v) is 5.31. The van der Waals surface area contributed by atoms with E-state index in [1.54, 1.807) is 0 Å². The molecule has 4 nitrogen and oxygen atoms in total. The van der Waals surface area contributed by atoms with Crippen molar-refractivity contribution < 1.29 is 9.53 Å². The molecule has 1 amide bonds. The van der Waals surface area contributed by atoms with Gasteiger partial charge in [-0.3, -0.25) is 4.79 Å². The molecule has 0 saturated carbocycles. The smallest absolute Gasteiger partial charge is 0.218 e. The lowest BCUT2D eigenvalue weighted by Crippen LogP contribution is -2.26. The topological polar surface area (TPSA) is 64.4 Å². The molecule has 3 N–H and O–H groups in total. The number of ether oxygens (including phenoxy) is 1. The van der Waals surface area contributed by atoms with E-state index in [-0.39, 0.29) is 11.9 Å². The molecule has 0 bridgehead atoms. The third-order valence-electron chi connectivity index (χ3n) is 3.01. The average molecular weight is 313 g/mol. The number of hydrogen-bond donors (Lipinski definition) is 2. The van der Waals surface area contributed by atoms with Crippen molar-refractivity contribution in [2.45, 2.75) is 25.3 Å². The van der Waals surface area contributed by atoms with Gasteiger partial charge in [0.15, 0.2) is 0 Å². The normalized spacial score (nSPS) is 18.6. The van der Waals surface area contributed by atoms with Crippen LogP contribution < -0.4 is 15.8 Å². The van der Waals surface area contributed by atoms with Gasteiger partial charge in [-0.05, 0) is 25.0 Å². The zero-order chi connectivity index (χ0) is 13.0. The van der Waals surface area contributed by atoms with E-state index in [4.69, 9.17) is 10.5 Å². The van der Waals surface area contributed by atoms with Crippen LogP contribution in [-0.4, -0.2) is 19.1 Å². The Hall–Kier alpha value is -1.07. The summed E-state index contributed by atoms with van der Waals surface area (Å²) in [6.07, 6.45) is 2.37. The molecule has 1 heterocycles. The number of primary amides is 1. The number of amides is 1. The van der Waals surface area contributed by atoms with E-state index in [9.17, 15) is 4.79 Å². The van der Waals surface area contributed by atoms with Crippen molar-refractivity contribution in [1.29, 1.82) is 0 Å². The number of carbonyl (C=O) groups is 1. The van der Waals surface area contributed by atoms with Crippen LogP contribution >= 0.6 is 15.9 Å². The van der Waals surface area contributed by atoms with Crippen LogP contribution in [0, 0.1) is 0 Å². The molecular formula is C13H17BrN2O2. The lowest BCUT2D eigenvalue weighted by atomic mass is 10.0. The molecule has 0 aromatic heterocycles. The Balaban J connectivity index is 2.09. The molecule has 1 aliphatic rings. The Morgan fingerprint density at radius 3 is 3.17 bits per heavy atom. The van der Waals surface area contributed by atoms with E-state index in [0.717, 1.165) is 35.2 Å². The van der Waals surface area contributed by atoms with E-state index in [0.29, 0.717) is 13.0 Å². The second kappa shape index (κ2) is 6.20. The van der Waals surface area contributed by atoms with E-state index in [1.807, 2.05) is 12.1 Å². The zero-order valence-electron chi connectivity index (χ0n) is 10.1. The molecule has 18 heavy (non-hydrogen) atoms. The number of nitrogens with one attached hydrogen (secondary N) is 1. The quantitative estimate of drug-likeness (QED) is 0.895. The molecule has 1 aromatic rings. The molecular weight excluding hydrogens is 296 g/mol. The van der Waals surface area contributed by atoms with Gasteiger partial charge in [0.1, 0.15) is 5.75 Å². The molecule has 5 heteroatoms. The molecule has 98 valence electrons. The molecule has 0 fully saturated rings. The van der Waals surface area contributed by atoms with Gasteiger partial charge in [-0.15, -0.1) is 0 Å². The van der Waals surface area contributed by atoms with Crippen LogP contribution in [0.3, 0.4) is 0 Å². The second-order valence-electron chi connectivity index (χ2n) is 4.40. The van der Waals surface area contributed by atoms with Gasteiger partial charge in [-0.2, -0.15) is 0 Å². The number of carbonyl (C=O) groups excluding carboxylic acids is 1. The van der Waals surface area contributed by atoms with Crippen molar-refractivity contribution in [2.24, 2.45) is 5.73 Å². The monoisotopic (exact) mass is 312 g/mol. The maximum absolute atomic E-state index is 10.8. The van der Waals surface area contributed by atoms with E-state index in [2.05, 4.69) is 27.3 Å². The molecule has 1 unspecified atom stereocenters. The summed E-state index contributed by atoms with van der Waals surface area (Å²) in [7, 11) is 0. The lowest BCUT2D eigenvalue weighted by molar-refractivity contribution is -0.117. The maximum atomic E-state index is 10.8. The van der Waals surface area contributed by atoms with E-state index in [1.165, 1.54) is 0 Å². The molecule has 0 saturated heterocycles. The molecule has 0 radical (unpaired) electrons. The predicted molar refractivity (Wildman–Crippen MR) is 73.4 cm³/mol. The number of rotatable bonds is 4. The Kier molecular flexibility index (Phi) is 4.60. The van der Waals surface area contributed by atoms with Gasteiger partial charge in [-0.25, -0.2) is 0 Å². The maximum Gasteiger partial charge on any atom is 0.218 e. The summed E-state index contributed by atoms with van der Waals surface area (Å²) < 4.78 is 6.74. The number of nitrogens with two attached hydrogens (primary N) is 1. The summed E-state index contributed by atoms with van der Waals surface area (Å²) >= 11 is 3.45. The summed E-state index contributed by atoms with van der Waals surface area (Å²) in [5.41, 5.74) is 6.30. The standard InChI is InChI=1S/C13H17BrN2O2/c14-9-3-4-10-11(16-6-5-13(15)17)2-1-7-18-12(10)8-9/h3-4,8,11,16H,1-2,5-7H2,(H2,15,17). The van der Waals surface area contributed by atoms with Crippen LogP contribution in [0.15, 0.2) is 22.7 Å². The van der Waals surface area contributed by atoms with Crippen molar-refractivity contribution in [3.63, 3.8) is 0 Å². The minimum atomic E-state index is -0.275. The fourth-order valence-corrected chi connectivity index (χ4v) is 2.47. The van der Waals surface area contributed by atoms with Crippen LogP contribution in [-0.2, 0) is 4.79 Å². The SMILES string of the molecule is NC(=O)CCNC1CCCOc2cc(Br)ccc21. The molecule has 2 rings (SSSR count). The van der Waals surface area contributed by atoms with Crippen LogP contribution in [0.25, 0.3) is 0 Å². The Bertz CT molecular complexity index is 437. The van der Waals surface area contributed by atoms with Crippen molar-refractivity contribution >= 4 is 21.8 Å².